The highest BCUT2D eigenvalue weighted by molar-refractivity contribution is 6.31. The molecule has 2 rings (SSSR count). The predicted octanol–water partition coefficient (Wildman–Crippen LogP) is 3.99. The lowest BCUT2D eigenvalue weighted by atomic mass is 10.2. The van der Waals surface area contributed by atoms with Crippen molar-refractivity contribution in [3.05, 3.63) is 66.5 Å². The maximum Gasteiger partial charge on any atom is 0.137 e. The number of hydrogen-bond acceptors (Lipinski definition) is 3. The van der Waals surface area contributed by atoms with Crippen molar-refractivity contribution in [1.29, 1.82) is 0 Å². The number of halogens is 1. The van der Waals surface area contributed by atoms with E-state index in [4.69, 9.17) is 11.6 Å². The largest absolute Gasteiger partial charge is 0.365 e. The summed E-state index contributed by atoms with van der Waals surface area (Å²) < 4.78 is 0. The van der Waals surface area contributed by atoms with E-state index in [1.165, 1.54) is 6.33 Å². The van der Waals surface area contributed by atoms with E-state index in [-0.39, 0.29) is 0 Å². The molecule has 0 saturated carbocycles. The van der Waals surface area contributed by atoms with Crippen LogP contribution in [0, 0.1) is 0 Å². The molecule has 4 heteroatoms. The Morgan fingerprint density at radius 2 is 2.16 bits per heavy atom. The van der Waals surface area contributed by atoms with E-state index in [1.54, 1.807) is 12.2 Å². The smallest absolute Gasteiger partial charge is 0.137 e. The van der Waals surface area contributed by atoms with E-state index in [0.29, 0.717) is 11.6 Å². The standard InChI is InChI=1S/C15H14ClN3/c1-3-5-11(4-2)9-17-15-13-8-12(16)6-7-14(13)18-10-19-15/h3-8,10H,1-2,9H2,(H,17,18,19)/b11-5+. The van der Waals surface area contributed by atoms with E-state index in [1.807, 2.05) is 24.3 Å². The lowest BCUT2D eigenvalue weighted by molar-refractivity contribution is 1.16. The quantitative estimate of drug-likeness (QED) is 0.836. The summed E-state index contributed by atoms with van der Waals surface area (Å²) in [6.07, 6.45) is 6.94. The number of anilines is 1. The Balaban J connectivity index is 2.30. The average molecular weight is 272 g/mol. The van der Waals surface area contributed by atoms with Gasteiger partial charge in [0.1, 0.15) is 12.1 Å². The highest BCUT2D eigenvalue weighted by Gasteiger charge is 2.04. The summed E-state index contributed by atoms with van der Waals surface area (Å²) >= 11 is 6.01. The van der Waals surface area contributed by atoms with Gasteiger partial charge < -0.3 is 5.32 Å². The van der Waals surface area contributed by atoms with Crippen LogP contribution in [-0.4, -0.2) is 16.5 Å². The lowest BCUT2D eigenvalue weighted by Gasteiger charge is -2.08. The molecule has 0 fully saturated rings. The summed E-state index contributed by atoms with van der Waals surface area (Å²) in [6, 6.07) is 5.54. The van der Waals surface area contributed by atoms with Crippen LogP contribution in [0.2, 0.25) is 5.02 Å². The third kappa shape index (κ3) is 3.20. The van der Waals surface area contributed by atoms with Crippen LogP contribution in [-0.2, 0) is 0 Å². The third-order valence-corrected chi connectivity index (χ3v) is 2.89. The topological polar surface area (TPSA) is 37.8 Å². The Labute approximate surface area is 117 Å². The summed E-state index contributed by atoms with van der Waals surface area (Å²) in [6.45, 7) is 8.05. The van der Waals surface area contributed by atoms with E-state index >= 15 is 0 Å². The lowest BCUT2D eigenvalue weighted by Crippen LogP contribution is -2.05. The van der Waals surface area contributed by atoms with Gasteiger partial charge in [0.15, 0.2) is 0 Å². The maximum atomic E-state index is 6.01. The van der Waals surface area contributed by atoms with Crippen molar-refractivity contribution < 1.29 is 0 Å². The first-order valence-electron chi connectivity index (χ1n) is 5.82. The molecule has 3 nitrogen and oxygen atoms in total. The molecular weight excluding hydrogens is 258 g/mol. The molecule has 0 aliphatic carbocycles. The Morgan fingerprint density at radius 3 is 2.89 bits per heavy atom. The molecule has 0 aliphatic heterocycles. The molecule has 0 aliphatic rings. The monoisotopic (exact) mass is 271 g/mol. The first-order valence-corrected chi connectivity index (χ1v) is 6.20. The summed E-state index contributed by atoms with van der Waals surface area (Å²) in [5.74, 6) is 0.754. The number of benzene rings is 1. The van der Waals surface area contributed by atoms with Crippen molar-refractivity contribution in [1.82, 2.24) is 9.97 Å². The number of nitrogens with zero attached hydrogens (tertiary/aromatic N) is 2. The van der Waals surface area contributed by atoms with Crippen molar-refractivity contribution in [2.75, 3.05) is 11.9 Å². The second-order valence-corrected chi connectivity index (χ2v) is 4.36. The van der Waals surface area contributed by atoms with Gasteiger partial charge >= 0.3 is 0 Å². The minimum Gasteiger partial charge on any atom is -0.365 e. The van der Waals surface area contributed by atoms with Crippen molar-refractivity contribution in [3.8, 4) is 0 Å². The van der Waals surface area contributed by atoms with Crippen LogP contribution in [0.1, 0.15) is 0 Å². The Kier molecular flexibility index (Phi) is 4.31. The molecule has 0 amide bonds. The van der Waals surface area contributed by atoms with Gasteiger partial charge in [-0.25, -0.2) is 9.97 Å². The third-order valence-electron chi connectivity index (χ3n) is 2.65. The molecule has 0 radical (unpaired) electrons. The van der Waals surface area contributed by atoms with Crippen LogP contribution >= 0.6 is 11.6 Å². The highest BCUT2D eigenvalue weighted by Crippen LogP contribution is 2.23. The predicted molar refractivity (Wildman–Crippen MR) is 81.5 cm³/mol. The zero-order valence-corrected chi connectivity index (χ0v) is 11.2. The minimum atomic E-state index is 0.619. The molecule has 0 spiro atoms. The second kappa shape index (κ2) is 6.16. The Morgan fingerprint density at radius 1 is 1.32 bits per heavy atom. The summed E-state index contributed by atoms with van der Waals surface area (Å²) in [4.78, 5) is 8.45. The number of allylic oxidation sites excluding steroid dienone is 2. The molecule has 0 unspecified atom stereocenters. The molecule has 0 bridgehead atoms. The van der Waals surface area contributed by atoms with E-state index in [2.05, 4.69) is 28.4 Å². The van der Waals surface area contributed by atoms with Gasteiger partial charge in [-0.2, -0.15) is 0 Å². The number of hydrogen-bond donors (Lipinski definition) is 1. The number of fused-ring (bicyclic) bond motifs is 1. The van der Waals surface area contributed by atoms with Gasteiger partial charge in [0.05, 0.1) is 5.52 Å². The van der Waals surface area contributed by atoms with Gasteiger partial charge in [-0.05, 0) is 23.8 Å². The maximum absolute atomic E-state index is 6.01. The van der Waals surface area contributed by atoms with E-state index < -0.39 is 0 Å². The Bertz CT molecular complexity index is 647. The van der Waals surface area contributed by atoms with Crippen LogP contribution in [0.3, 0.4) is 0 Å². The zero-order chi connectivity index (χ0) is 13.7. The van der Waals surface area contributed by atoms with Crippen LogP contribution in [0.15, 0.2) is 61.5 Å². The van der Waals surface area contributed by atoms with Crippen LogP contribution < -0.4 is 5.32 Å². The van der Waals surface area contributed by atoms with Crippen molar-refractivity contribution in [2.45, 2.75) is 0 Å². The first kappa shape index (κ1) is 13.3. The van der Waals surface area contributed by atoms with Gasteiger partial charge in [-0.3, -0.25) is 0 Å². The van der Waals surface area contributed by atoms with Gasteiger partial charge in [0.2, 0.25) is 0 Å². The SMILES string of the molecule is C=C/C=C(\C=C)CNc1ncnc2ccc(Cl)cc12. The van der Waals surface area contributed by atoms with Crippen LogP contribution in [0.5, 0.6) is 0 Å². The molecule has 1 heterocycles. The summed E-state index contributed by atoms with van der Waals surface area (Å²) in [5, 5.41) is 4.82. The van der Waals surface area contributed by atoms with Gasteiger partial charge in [-0.1, -0.05) is 43.0 Å². The molecule has 19 heavy (non-hydrogen) atoms. The minimum absolute atomic E-state index is 0.619. The fourth-order valence-corrected chi connectivity index (χ4v) is 1.88. The molecule has 0 saturated heterocycles. The first-order chi connectivity index (χ1) is 9.24. The van der Waals surface area contributed by atoms with Gasteiger partial charge in [0.25, 0.3) is 0 Å². The normalized spacial score (nSPS) is 11.3. The highest BCUT2D eigenvalue weighted by atomic mass is 35.5. The average Bonchev–Trinajstić information content (AvgIpc) is 2.43. The molecular formula is C15H14ClN3. The van der Waals surface area contributed by atoms with Gasteiger partial charge in [-0.15, -0.1) is 0 Å². The number of nitrogens with one attached hydrogen (secondary N) is 1. The van der Waals surface area contributed by atoms with Crippen molar-refractivity contribution in [2.24, 2.45) is 0 Å². The van der Waals surface area contributed by atoms with Crippen LogP contribution in [0.25, 0.3) is 10.9 Å². The Hall–Kier alpha value is -2.13. The molecule has 96 valence electrons. The second-order valence-electron chi connectivity index (χ2n) is 3.92. The molecule has 2 aromatic rings. The molecule has 1 N–H and O–H groups in total. The summed E-state index contributed by atoms with van der Waals surface area (Å²) in [7, 11) is 0. The molecule has 1 aromatic heterocycles. The molecule has 0 atom stereocenters. The number of rotatable bonds is 5. The fraction of sp³-hybridized carbons (Fsp3) is 0.0667. The summed E-state index contributed by atoms with van der Waals surface area (Å²) in [5.41, 5.74) is 1.89. The van der Waals surface area contributed by atoms with E-state index in [9.17, 15) is 0 Å². The number of aromatic nitrogens is 2. The van der Waals surface area contributed by atoms with Crippen LogP contribution in [0.4, 0.5) is 5.82 Å². The fourth-order valence-electron chi connectivity index (χ4n) is 1.71. The van der Waals surface area contributed by atoms with Crippen molar-refractivity contribution in [3.63, 3.8) is 0 Å². The zero-order valence-electron chi connectivity index (χ0n) is 10.4. The van der Waals surface area contributed by atoms with Gasteiger partial charge in [0, 0.05) is 17.0 Å². The van der Waals surface area contributed by atoms with E-state index in [0.717, 1.165) is 22.3 Å². The molecule has 1 aromatic carbocycles. The van der Waals surface area contributed by atoms with Crippen molar-refractivity contribution >= 4 is 28.3 Å².